The van der Waals surface area contributed by atoms with Crippen molar-refractivity contribution in [3.05, 3.63) is 56.6 Å². The molecule has 0 saturated carbocycles. The number of amides is 1. The highest BCUT2D eigenvalue weighted by Crippen LogP contribution is 2.45. The molecule has 1 atom stereocenters. The van der Waals surface area contributed by atoms with E-state index < -0.39 is 0 Å². The molecular weight excluding hydrogens is 358 g/mol. The number of H-pyrrole nitrogens is 1. The molecule has 2 aliphatic rings. The number of hydrogen-bond acceptors (Lipinski definition) is 4. The minimum absolute atomic E-state index is 0.0237. The Morgan fingerprint density at radius 1 is 1.22 bits per heavy atom. The minimum Gasteiger partial charge on any atom is -0.333 e. The van der Waals surface area contributed by atoms with E-state index in [1.807, 2.05) is 4.90 Å². The fraction of sp³-hybridized carbons (Fsp3) is 0.524. The molecule has 6 heteroatoms. The Balaban J connectivity index is 1.40. The number of carbonyl (C=O) groups is 1. The van der Waals surface area contributed by atoms with Crippen LogP contribution in [0.4, 0.5) is 0 Å². The van der Waals surface area contributed by atoms with Gasteiger partial charge in [0.05, 0.1) is 0 Å². The lowest BCUT2D eigenvalue weighted by molar-refractivity contribution is -0.0716. The van der Waals surface area contributed by atoms with Gasteiger partial charge in [-0.05, 0) is 37.4 Å². The highest BCUT2D eigenvalue weighted by atomic mass is 32.1. The molecule has 0 spiro atoms. The van der Waals surface area contributed by atoms with E-state index in [0.717, 1.165) is 50.4 Å². The van der Waals surface area contributed by atoms with E-state index in [-0.39, 0.29) is 22.2 Å². The van der Waals surface area contributed by atoms with E-state index in [1.54, 1.807) is 5.38 Å². The van der Waals surface area contributed by atoms with Crippen LogP contribution in [0.3, 0.4) is 0 Å². The summed E-state index contributed by atoms with van der Waals surface area (Å²) in [4.78, 5) is 31.3. The molecule has 2 saturated heterocycles. The van der Waals surface area contributed by atoms with Crippen molar-refractivity contribution < 1.29 is 4.79 Å². The summed E-state index contributed by atoms with van der Waals surface area (Å²) in [7, 11) is 0. The molecule has 0 aliphatic carbocycles. The van der Waals surface area contributed by atoms with Crippen molar-refractivity contribution in [1.82, 2.24) is 14.8 Å². The van der Waals surface area contributed by atoms with Crippen molar-refractivity contribution in [1.29, 1.82) is 0 Å². The maximum atomic E-state index is 12.8. The highest BCUT2D eigenvalue weighted by molar-refractivity contribution is 7.07. The van der Waals surface area contributed by atoms with Gasteiger partial charge in [-0.3, -0.25) is 14.5 Å². The Labute approximate surface area is 164 Å². The molecule has 1 aromatic carbocycles. The molecule has 1 aromatic heterocycles. The molecule has 1 unspecified atom stereocenters. The average molecular weight is 386 g/mol. The van der Waals surface area contributed by atoms with Crippen molar-refractivity contribution in [3.63, 3.8) is 0 Å². The number of piperidine rings is 1. The van der Waals surface area contributed by atoms with E-state index in [4.69, 9.17) is 0 Å². The number of nitrogens with one attached hydrogen (secondary N) is 1. The van der Waals surface area contributed by atoms with Crippen LogP contribution in [-0.2, 0) is 6.54 Å². The third-order valence-electron chi connectivity index (χ3n) is 6.05. The average Bonchev–Trinajstić information content (AvgIpc) is 3.08. The molecule has 4 rings (SSSR count). The second kappa shape index (κ2) is 7.24. The summed E-state index contributed by atoms with van der Waals surface area (Å²) in [5.74, 6) is 0.500. The molecule has 2 fully saturated rings. The van der Waals surface area contributed by atoms with Gasteiger partial charge in [-0.2, -0.15) is 0 Å². The van der Waals surface area contributed by atoms with E-state index in [1.165, 1.54) is 5.56 Å². The predicted octanol–water partition coefficient (Wildman–Crippen LogP) is 3.20. The van der Waals surface area contributed by atoms with Gasteiger partial charge in [0.1, 0.15) is 5.69 Å². The lowest BCUT2D eigenvalue weighted by Crippen LogP contribution is -2.67. The number of aromatic nitrogens is 1. The van der Waals surface area contributed by atoms with Crippen LogP contribution in [0.25, 0.3) is 0 Å². The van der Waals surface area contributed by atoms with E-state index in [9.17, 15) is 9.59 Å². The third kappa shape index (κ3) is 3.73. The Kier molecular flexibility index (Phi) is 4.95. The minimum atomic E-state index is -0.163. The quantitative estimate of drug-likeness (QED) is 0.879. The highest BCUT2D eigenvalue weighted by Gasteiger charge is 2.52. The Morgan fingerprint density at radius 2 is 1.93 bits per heavy atom. The molecule has 1 amide bonds. The summed E-state index contributed by atoms with van der Waals surface area (Å²) in [6.45, 7) is 8.42. The molecule has 0 bridgehead atoms. The first-order valence-corrected chi connectivity index (χ1v) is 10.6. The van der Waals surface area contributed by atoms with Gasteiger partial charge in [-0.15, -0.1) is 0 Å². The summed E-state index contributed by atoms with van der Waals surface area (Å²) < 4.78 is 0. The fourth-order valence-corrected chi connectivity index (χ4v) is 5.39. The van der Waals surface area contributed by atoms with Gasteiger partial charge in [0.15, 0.2) is 0 Å². The number of carbonyl (C=O) groups excluding carboxylic acids is 1. The van der Waals surface area contributed by atoms with Gasteiger partial charge >= 0.3 is 4.87 Å². The van der Waals surface area contributed by atoms with Crippen LogP contribution in [-0.4, -0.2) is 46.4 Å². The number of likely N-dealkylation sites (tertiary alicyclic amines) is 2. The third-order valence-corrected chi connectivity index (χ3v) is 6.72. The number of benzene rings is 1. The normalized spacial score (nSPS) is 23.2. The van der Waals surface area contributed by atoms with Crippen molar-refractivity contribution in [2.75, 3.05) is 19.6 Å². The first-order valence-electron chi connectivity index (χ1n) is 9.69. The molecule has 2 aromatic rings. The van der Waals surface area contributed by atoms with Crippen LogP contribution in [0.1, 0.15) is 42.7 Å². The van der Waals surface area contributed by atoms with E-state index >= 15 is 0 Å². The van der Waals surface area contributed by atoms with Crippen molar-refractivity contribution in [2.24, 2.45) is 11.3 Å². The molecule has 1 N–H and O–H groups in total. The van der Waals surface area contributed by atoms with E-state index in [2.05, 4.69) is 54.1 Å². The number of nitrogens with zero attached hydrogens (tertiary/aromatic N) is 2. The second-order valence-corrected chi connectivity index (χ2v) is 9.37. The van der Waals surface area contributed by atoms with Gasteiger partial charge in [0.25, 0.3) is 5.91 Å². The maximum absolute atomic E-state index is 12.8. The van der Waals surface area contributed by atoms with Gasteiger partial charge in [-0.25, -0.2) is 0 Å². The molecule has 5 nitrogen and oxygen atoms in total. The molecule has 3 heterocycles. The summed E-state index contributed by atoms with van der Waals surface area (Å²) in [6, 6.07) is 10.9. The zero-order valence-corrected chi connectivity index (χ0v) is 16.8. The molecule has 2 aliphatic heterocycles. The van der Waals surface area contributed by atoms with Gasteiger partial charge in [-0.1, -0.05) is 55.5 Å². The number of hydrogen-bond donors (Lipinski definition) is 1. The summed E-state index contributed by atoms with van der Waals surface area (Å²) in [6.07, 6.45) is 2.23. The summed E-state index contributed by atoms with van der Waals surface area (Å²) in [5, 5.41) is 1.65. The topological polar surface area (TPSA) is 56.4 Å². The van der Waals surface area contributed by atoms with Crippen molar-refractivity contribution in [3.8, 4) is 0 Å². The number of rotatable bonds is 4. The summed E-state index contributed by atoms with van der Waals surface area (Å²) in [5.41, 5.74) is 1.93. The Hall–Kier alpha value is -1.92. The smallest absolute Gasteiger partial charge is 0.305 e. The SMILES string of the molecule is CC1(C)CN(C(=O)c2csc(=O)[nH]2)C1C1CCN(Cc2ccccc2)CC1. The first kappa shape index (κ1) is 18.4. The first-order chi connectivity index (χ1) is 12.9. The molecular formula is C21H27N3O2S. The zero-order valence-electron chi connectivity index (χ0n) is 16.0. The Morgan fingerprint density at radius 3 is 2.52 bits per heavy atom. The number of thiazole rings is 1. The van der Waals surface area contributed by atoms with Crippen molar-refractivity contribution in [2.45, 2.75) is 39.3 Å². The monoisotopic (exact) mass is 385 g/mol. The molecule has 27 heavy (non-hydrogen) atoms. The summed E-state index contributed by atoms with van der Waals surface area (Å²) >= 11 is 1.06. The lowest BCUT2D eigenvalue weighted by atomic mass is 9.66. The largest absolute Gasteiger partial charge is 0.333 e. The van der Waals surface area contributed by atoms with E-state index in [0.29, 0.717) is 11.6 Å². The lowest BCUT2D eigenvalue weighted by Gasteiger charge is -2.58. The van der Waals surface area contributed by atoms with Crippen LogP contribution in [0.5, 0.6) is 0 Å². The second-order valence-electron chi connectivity index (χ2n) is 8.53. The maximum Gasteiger partial charge on any atom is 0.305 e. The standard InChI is InChI=1S/C21H27N3O2S/c1-21(2)14-24(19(25)17-13-27-20(26)22-17)18(21)16-8-10-23(11-9-16)12-15-6-4-3-5-7-15/h3-7,13,16,18H,8-12,14H2,1-2H3,(H,22,26). The van der Waals surface area contributed by atoms with Crippen LogP contribution in [0, 0.1) is 11.3 Å². The Bertz CT molecular complexity index is 850. The number of aromatic amines is 1. The van der Waals surface area contributed by atoms with Crippen LogP contribution in [0.2, 0.25) is 0 Å². The van der Waals surface area contributed by atoms with Crippen LogP contribution >= 0.6 is 11.3 Å². The molecule has 0 radical (unpaired) electrons. The van der Waals surface area contributed by atoms with Crippen LogP contribution < -0.4 is 4.87 Å². The van der Waals surface area contributed by atoms with Crippen LogP contribution in [0.15, 0.2) is 40.5 Å². The van der Waals surface area contributed by atoms with Crippen molar-refractivity contribution >= 4 is 17.2 Å². The van der Waals surface area contributed by atoms with Gasteiger partial charge < -0.3 is 9.88 Å². The van der Waals surface area contributed by atoms with Gasteiger partial charge in [0.2, 0.25) is 0 Å². The zero-order chi connectivity index (χ0) is 19.0. The molecule has 144 valence electrons. The predicted molar refractivity (Wildman–Crippen MR) is 108 cm³/mol. The fourth-order valence-electron chi connectivity index (χ4n) is 4.84. The van der Waals surface area contributed by atoms with Gasteiger partial charge in [0, 0.05) is 29.9 Å².